The number of nitrogens with zero attached hydrogens (tertiary/aromatic N) is 6. The van der Waals surface area contributed by atoms with Gasteiger partial charge in [-0.2, -0.15) is 4.98 Å². The van der Waals surface area contributed by atoms with Crippen molar-refractivity contribution in [3.05, 3.63) is 84.0 Å². The van der Waals surface area contributed by atoms with Crippen LogP contribution < -0.4 is 9.64 Å². The van der Waals surface area contributed by atoms with Gasteiger partial charge >= 0.3 is 0 Å². The maximum Gasteiger partial charge on any atom is 0.257 e. The monoisotopic (exact) mass is 578 g/mol. The molecule has 6 rings (SSSR count). The highest BCUT2D eigenvalue weighted by molar-refractivity contribution is 5.79. The molecule has 0 bridgehead atoms. The van der Waals surface area contributed by atoms with E-state index in [1.54, 1.807) is 6.92 Å². The second kappa shape index (κ2) is 12.4. The van der Waals surface area contributed by atoms with E-state index in [0.717, 1.165) is 54.1 Å². The SMILES string of the molecule is C/C=C(\C)[C@@H]1CC(=O)N(Cc2ccc(-c3cncc(N4CCN(C)CC4)c3)cc2Oc2ccc(-c3nc(C)no3)cc2)C1. The van der Waals surface area contributed by atoms with Gasteiger partial charge in [-0.3, -0.25) is 9.78 Å². The van der Waals surface area contributed by atoms with Gasteiger partial charge in [0.15, 0.2) is 5.82 Å². The van der Waals surface area contributed by atoms with Gasteiger partial charge in [0.05, 0.1) is 11.9 Å². The van der Waals surface area contributed by atoms with Crippen molar-refractivity contribution in [1.82, 2.24) is 24.9 Å². The molecule has 2 aliphatic rings. The van der Waals surface area contributed by atoms with Gasteiger partial charge in [0.2, 0.25) is 5.91 Å². The number of hydrogen-bond donors (Lipinski definition) is 0. The number of anilines is 1. The van der Waals surface area contributed by atoms with Crippen LogP contribution in [0.1, 0.15) is 31.7 Å². The maximum atomic E-state index is 13.0. The minimum absolute atomic E-state index is 0.171. The lowest BCUT2D eigenvalue weighted by Crippen LogP contribution is -2.44. The Hall–Kier alpha value is -4.50. The Morgan fingerprint density at radius 3 is 2.51 bits per heavy atom. The van der Waals surface area contributed by atoms with Crippen LogP contribution >= 0.6 is 0 Å². The minimum Gasteiger partial charge on any atom is -0.457 e. The molecule has 2 fully saturated rings. The van der Waals surface area contributed by atoms with Crippen molar-refractivity contribution in [3.8, 4) is 34.1 Å². The summed E-state index contributed by atoms with van der Waals surface area (Å²) in [5.41, 5.74) is 6.19. The largest absolute Gasteiger partial charge is 0.457 e. The van der Waals surface area contributed by atoms with Gasteiger partial charge in [0.25, 0.3) is 5.89 Å². The summed E-state index contributed by atoms with van der Waals surface area (Å²) in [5.74, 6) is 2.88. The Balaban J connectivity index is 1.29. The molecular weight excluding hydrogens is 540 g/mol. The molecule has 0 spiro atoms. The molecule has 2 saturated heterocycles. The number of piperazine rings is 1. The van der Waals surface area contributed by atoms with E-state index in [1.807, 2.05) is 48.5 Å². The van der Waals surface area contributed by atoms with Gasteiger partial charge in [0.1, 0.15) is 11.5 Å². The van der Waals surface area contributed by atoms with Crippen molar-refractivity contribution in [2.45, 2.75) is 33.7 Å². The van der Waals surface area contributed by atoms with Crippen LogP contribution in [0.25, 0.3) is 22.6 Å². The first kappa shape index (κ1) is 28.6. The van der Waals surface area contributed by atoms with Crippen LogP contribution in [0, 0.1) is 12.8 Å². The highest BCUT2D eigenvalue weighted by Gasteiger charge is 2.31. The fourth-order valence-corrected chi connectivity index (χ4v) is 5.66. The number of hydrogen-bond acceptors (Lipinski definition) is 8. The number of carbonyl (C=O) groups excluding carboxylic acids is 1. The van der Waals surface area contributed by atoms with E-state index in [4.69, 9.17) is 9.26 Å². The first-order valence-electron chi connectivity index (χ1n) is 14.9. The predicted molar refractivity (Wildman–Crippen MR) is 167 cm³/mol. The molecule has 4 aromatic rings. The van der Waals surface area contributed by atoms with Gasteiger partial charge in [0, 0.05) is 74.5 Å². The molecular formula is C34H38N6O3. The lowest BCUT2D eigenvalue weighted by atomic mass is 10.00. The average molecular weight is 579 g/mol. The van der Waals surface area contributed by atoms with Gasteiger partial charge in [-0.25, -0.2) is 0 Å². The molecule has 9 heteroatoms. The maximum absolute atomic E-state index is 13.0. The van der Waals surface area contributed by atoms with E-state index in [2.05, 4.69) is 69.2 Å². The summed E-state index contributed by atoms with van der Waals surface area (Å²) in [4.78, 5) is 28.5. The number of rotatable bonds is 8. The van der Waals surface area contributed by atoms with E-state index in [0.29, 0.717) is 42.7 Å². The topological polar surface area (TPSA) is 87.8 Å². The van der Waals surface area contributed by atoms with E-state index >= 15 is 0 Å². The predicted octanol–water partition coefficient (Wildman–Crippen LogP) is 5.97. The Bertz CT molecular complexity index is 1620. The zero-order valence-electron chi connectivity index (χ0n) is 25.3. The fraction of sp³-hybridized carbons (Fsp3) is 0.353. The number of benzene rings is 2. The van der Waals surface area contributed by atoms with Crippen LogP contribution in [0.5, 0.6) is 11.5 Å². The molecule has 1 amide bonds. The first-order valence-corrected chi connectivity index (χ1v) is 14.9. The minimum atomic E-state index is 0.171. The fourth-order valence-electron chi connectivity index (χ4n) is 5.66. The molecule has 9 nitrogen and oxygen atoms in total. The molecule has 0 saturated carbocycles. The molecule has 0 aliphatic carbocycles. The highest BCUT2D eigenvalue weighted by Crippen LogP contribution is 2.35. The number of carbonyl (C=O) groups is 1. The molecule has 0 radical (unpaired) electrons. The second-order valence-corrected chi connectivity index (χ2v) is 11.5. The van der Waals surface area contributed by atoms with E-state index < -0.39 is 0 Å². The summed E-state index contributed by atoms with van der Waals surface area (Å²) >= 11 is 0. The zero-order chi connectivity index (χ0) is 29.9. The van der Waals surface area contributed by atoms with Crippen molar-refractivity contribution >= 4 is 11.6 Å². The number of aryl methyl sites for hydroxylation is 1. The van der Waals surface area contributed by atoms with Crippen molar-refractivity contribution < 1.29 is 14.1 Å². The number of ether oxygens (including phenoxy) is 1. The van der Waals surface area contributed by atoms with Crippen molar-refractivity contribution in [3.63, 3.8) is 0 Å². The number of allylic oxidation sites excluding steroid dienone is 1. The summed E-state index contributed by atoms with van der Waals surface area (Å²) in [5, 5.41) is 3.89. The lowest BCUT2D eigenvalue weighted by molar-refractivity contribution is -0.128. The molecule has 1 atom stereocenters. The summed E-state index contributed by atoms with van der Waals surface area (Å²) in [6, 6.07) is 16.0. The van der Waals surface area contributed by atoms with Gasteiger partial charge < -0.3 is 24.0 Å². The second-order valence-electron chi connectivity index (χ2n) is 11.5. The number of likely N-dealkylation sites (N-methyl/N-ethyl adjacent to an activating group) is 1. The molecule has 4 heterocycles. The van der Waals surface area contributed by atoms with Crippen molar-refractivity contribution in [1.29, 1.82) is 0 Å². The summed E-state index contributed by atoms with van der Waals surface area (Å²) in [6.45, 7) is 11.2. The van der Waals surface area contributed by atoms with Crippen LogP contribution in [0.4, 0.5) is 5.69 Å². The Labute approximate surface area is 252 Å². The number of amides is 1. The quantitative estimate of drug-likeness (QED) is 0.237. The van der Waals surface area contributed by atoms with Gasteiger partial charge in [-0.1, -0.05) is 28.9 Å². The number of likely N-dealkylation sites (tertiary alicyclic amines) is 1. The molecule has 0 N–H and O–H groups in total. The Kier molecular flexibility index (Phi) is 8.24. The van der Waals surface area contributed by atoms with E-state index in [1.165, 1.54) is 5.57 Å². The highest BCUT2D eigenvalue weighted by atomic mass is 16.5. The van der Waals surface area contributed by atoms with Crippen LogP contribution in [-0.4, -0.2) is 70.6 Å². The third-order valence-electron chi connectivity index (χ3n) is 8.52. The normalized spacial score (nSPS) is 18.0. The smallest absolute Gasteiger partial charge is 0.257 e. The van der Waals surface area contributed by atoms with Gasteiger partial charge in [-0.15, -0.1) is 0 Å². The molecule has 2 aliphatic heterocycles. The van der Waals surface area contributed by atoms with Crippen molar-refractivity contribution in [2.24, 2.45) is 5.92 Å². The van der Waals surface area contributed by atoms with Gasteiger partial charge in [-0.05, 0) is 69.8 Å². The number of pyridine rings is 1. The molecule has 43 heavy (non-hydrogen) atoms. The lowest BCUT2D eigenvalue weighted by Gasteiger charge is -2.34. The molecule has 2 aromatic carbocycles. The average Bonchev–Trinajstić information content (AvgIpc) is 3.63. The Morgan fingerprint density at radius 1 is 1.02 bits per heavy atom. The molecule has 222 valence electrons. The summed E-state index contributed by atoms with van der Waals surface area (Å²) in [6.07, 6.45) is 6.49. The van der Waals surface area contributed by atoms with E-state index in [-0.39, 0.29) is 11.8 Å². The summed E-state index contributed by atoms with van der Waals surface area (Å²) in [7, 11) is 2.16. The van der Waals surface area contributed by atoms with Crippen LogP contribution in [0.3, 0.4) is 0 Å². The molecule has 2 aromatic heterocycles. The first-order chi connectivity index (χ1) is 20.9. The van der Waals surface area contributed by atoms with Crippen LogP contribution in [-0.2, 0) is 11.3 Å². The van der Waals surface area contributed by atoms with E-state index in [9.17, 15) is 4.79 Å². The Morgan fingerprint density at radius 2 is 1.79 bits per heavy atom. The summed E-state index contributed by atoms with van der Waals surface area (Å²) < 4.78 is 11.8. The van der Waals surface area contributed by atoms with Crippen molar-refractivity contribution in [2.75, 3.05) is 44.7 Å². The molecule has 0 unspecified atom stereocenters. The van der Waals surface area contributed by atoms with Crippen LogP contribution in [0.15, 0.2) is 77.1 Å². The van der Waals surface area contributed by atoms with Crippen LogP contribution in [0.2, 0.25) is 0 Å². The zero-order valence-corrected chi connectivity index (χ0v) is 25.3. The number of aromatic nitrogens is 3. The standard InChI is InChI=1S/C34H38N6O3/c1-5-23(2)29-18-33(41)40(22-29)21-27-7-6-26(28-16-30(20-35-19-28)39-14-12-38(4)13-15-39)17-32(27)42-31-10-8-25(9-11-31)34-36-24(3)37-43-34/h5-11,16-17,19-20,29H,12-15,18,21-22H2,1-4H3/b23-5+/t29-/m1/s1. The third-order valence-corrected chi connectivity index (χ3v) is 8.52. The third kappa shape index (κ3) is 6.46.